The predicted octanol–water partition coefficient (Wildman–Crippen LogP) is 3.58. The summed E-state index contributed by atoms with van der Waals surface area (Å²) in [4.78, 5) is 24.1. The Kier molecular flexibility index (Phi) is 6.02. The molecule has 0 radical (unpaired) electrons. The maximum Gasteiger partial charge on any atom is 0.230 e. The molecule has 4 rings (SSSR count). The van der Waals surface area contributed by atoms with Crippen LogP contribution in [0.5, 0.6) is 5.75 Å². The topological polar surface area (TPSA) is 85.3 Å². The van der Waals surface area contributed by atoms with Crippen LogP contribution >= 0.6 is 0 Å². The highest BCUT2D eigenvalue weighted by atomic mass is 16.5. The van der Waals surface area contributed by atoms with Crippen LogP contribution in [-0.2, 0) is 16.0 Å². The lowest BCUT2D eigenvalue weighted by molar-refractivity contribution is -0.123. The molecule has 0 aliphatic carbocycles. The van der Waals surface area contributed by atoms with Crippen molar-refractivity contribution in [2.24, 2.45) is 5.92 Å². The average molecular weight is 418 g/mol. The van der Waals surface area contributed by atoms with Crippen molar-refractivity contribution in [3.63, 3.8) is 0 Å². The normalized spacial score (nSPS) is 15.5. The van der Waals surface area contributed by atoms with E-state index in [2.05, 4.69) is 34.8 Å². The fourth-order valence-electron chi connectivity index (χ4n) is 3.83. The summed E-state index contributed by atoms with van der Waals surface area (Å²) in [6, 6.07) is 17.8. The summed E-state index contributed by atoms with van der Waals surface area (Å²) >= 11 is 0. The Hall–Kier alpha value is -3.61. The third-order valence-electron chi connectivity index (χ3n) is 5.38. The van der Waals surface area contributed by atoms with Crippen LogP contribution in [0.4, 0.5) is 5.82 Å². The van der Waals surface area contributed by atoms with Crippen molar-refractivity contribution in [3.05, 3.63) is 60.2 Å². The Balaban J connectivity index is 1.74. The van der Waals surface area contributed by atoms with E-state index >= 15 is 0 Å². The molecule has 31 heavy (non-hydrogen) atoms. The van der Waals surface area contributed by atoms with E-state index in [-0.39, 0.29) is 24.2 Å². The van der Waals surface area contributed by atoms with Crippen LogP contribution in [0.1, 0.15) is 25.3 Å². The Morgan fingerprint density at radius 3 is 2.81 bits per heavy atom. The van der Waals surface area contributed by atoms with Gasteiger partial charge in [-0.25, -0.2) is 4.68 Å². The van der Waals surface area contributed by atoms with Gasteiger partial charge < -0.3 is 15.4 Å². The van der Waals surface area contributed by atoms with Gasteiger partial charge in [-0.2, -0.15) is 0 Å². The lowest BCUT2D eigenvalue weighted by atomic mass is 10.0. The zero-order chi connectivity index (χ0) is 21.8. The molecule has 1 aliphatic rings. The van der Waals surface area contributed by atoms with Crippen molar-refractivity contribution in [2.75, 3.05) is 19.0 Å². The summed E-state index contributed by atoms with van der Waals surface area (Å²) in [7, 11) is 1.62. The number of para-hydroxylation sites is 2. The number of ether oxygens (including phenoxy) is 1. The lowest BCUT2D eigenvalue weighted by Gasteiger charge is -2.12. The Morgan fingerprint density at radius 2 is 2.06 bits per heavy atom. The Bertz CT molecular complexity index is 1110. The fourth-order valence-corrected chi connectivity index (χ4v) is 3.83. The quantitative estimate of drug-likeness (QED) is 0.614. The summed E-state index contributed by atoms with van der Waals surface area (Å²) in [5.41, 5.74) is 3.87. The standard InChI is InChI=1S/C24H26N4O3/c1-3-7-16-8-6-9-17(12-16)20-14-22(26-24(30)18-13-23(29)25-15-18)27-28(20)19-10-4-5-11-21(19)31-2/h4-6,8-12,14,18H,3,7,13,15H2,1-2H3,(H,25,29)(H,26,27,30)/t18-/m1/s1. The number of methoxy groups -OCH3 is 1. The van der Waals surface area contributed by atoms with E-state index in [0.29, 0.717) is 18.1 Å². The van der Waals surface area contributed by atoms with Gasteiger partial charge in [-0.05, 0) is 30.2 Å². The van der Waals surface area contributed by atoms with Gasteiger partial charge in [0.15, 0.2) is 5.82 Å². The minimum absolute atomic E-state index is 0.104. The number of hydrogen-bond donors (Lipinski definition) is 2. The highest BCUT2D eigenvalue weighted by Crippen LogP contribution is 2.31. The van der Waals surface area contributed by atoms with Gasteiger partial charge in [0.1, 0.15) is 11.4 Å². The summed E-state index contributed by atoms with van der Waals surface area (Å²) in [6.45, 7) is 2.51. The highest BCUT2D eigenvalue weighted by molar-refractivity contribution is 5.97. The van der Waals surface area contributed by atoms with Crippen molar-refractivity contribution >= 4 is 17.6 Å². The van der Waals surface area contributed by atoms with E-state index in [1.165, 1.54) is 5.56 Å². The first-order valence-electron chi connectivity index (χ1n) is 10.5. The molecule has 0 saturated carbocycles. The van der Waals surface area contributed by atoms with E-state index in [1.54, 1.807) is 11.8 Å². The molecule has 7 nitrogen and oxygen atoms in total. The lowest BCUT2D eigenvalue weighted by Crippen LogP contribution is -2.24. The van der Waals surface area contributed by atoms with Crippen LogP contribution in [0.3, 0.4) is 0 Å². The number of amides is 2. The van der Waals surface area contributed by atoms with Crippen molar-refractivity contribution in [1.82, 2.24) is 15.1 Å². The maximum absolute atomic E-state index is 12.6. The van der Waals surface area contributed by atoms with Crippen LogP contribution in [-0.4, -0.2) is 35.2 Å². The third-order valence-corrected chi connectivity index (χ3v) is 5.38. The summed E-state index contributed by atoms with van der Waals surface area (Å²) in [5, 5.41) is 10.2. The van der Waals surface area contributed by atoms with Gasteiger partial charge in [0, 0.05) is 24.6 Å². The second-order valence-corrected chi connectivity index (χ2v) is 7.64. The molecular weight excluding hydrogens is 392 g/mol. The molecule has 2 amide bonds. The number of carbonyl (C=O) groups is 2. The number of carbonyl (C=O) groups excluding carboxylic acids is 2. The number of nitrogens with one attached hydrogen (secondary N) is 2. The van der Waals surface area contributed by atoms with E-state index < -0.39 is 0 Å². The monoisotopic (exact) mass is 418 g/mol. The molecule has 2 aromatic carbocycles. The van der Waals surface area contributed by atoms with E-state index in [9.17, 15) is 9.59 Å². The van der Waals surface area contributed by atoms with Gasteiger partial charge in [0.2, 0.25) is 11.8 Å². The van der Waals surface area contributed by atoms with E-state index in [4.69, 9.17) is 4.74 Å². The van der Waals surface area contributed by atoms with Crippen LogP contribution in [0.15, 0.2) is 54.6 Å². The molecule has 0 bridgehead atoms. The van der Waals surface area contributed by atoms with Gasteiger partial charge in [-0.3, -0.25) is 9.59 Å². The van der Waals surface area contributed by atoms with Gasteiger partial charge >= 0.3 is 0 Å². The molecule has 3 aromatic rings. The largest absolute Gasteiger partial charge is 0.494 e. The van der Waals surface area contributed by atoms with Gasteiger partial charge in [0.05, 0.1) is 18.7 Å². The molecule has 2 N–H and O–H groups in total. The van der Waals surface area contributed by atoms with Crippen LogP contribution in [0.25, 0.3) is 16.9 Å². The third kappa shape index (κ3) is 4.45. The fraction of sp³-hybridized carbons (Fsp3) is 0.292. The number of nitrogens with zero attached hydrogens (tertiary/aromatic N) is 2. The first-order valence-corrected chi connectivity index (χ1v) is 10.5. The molecule has 160 valence electrons. The van der Waals surface area contributed by atoms with Gasteiger partial charge in [-0.15, -0.1) is 5.10 Å². The smallest absolute Gasteiger partial charge is 0.230 e. The van der Waals surface area contributed by atoms with Crippen LogP contribution in [0, 0.1) is 5.92 Å². The van der Waals surface area contributed by atoms with Crippen molar-refractivity contribution in [2.45, 2.75) is 26.2 Å². The number of benzene rings is 2. The number of aryl methyl sites for hydroxylation is 1. The second-order valence-electron chi connectivity index (χ2n) is 7.64. The first kappa shape index (κ1) is 20.7. The zero-order valence-corrected chi connectivity index (χ0v) is 17.7. The maximum atomic E-state index is 12.6. The minimum atomic E-state index is -0.389. The number of anilines is 1. The second kappa shape index (κ2) is 9.04. The number of rotatable bonds is 7. The molecule has 1 aliphatic heterocycles. The predicted molar refractivity (Wildman–Crippen MR) is 119 cm³/mol. The van der Waals surface area contributed by atoms with Crippen LogP contribution < -0.4 is 15.4 Å². The van der Waals surface area contributed by atoms with Crippen molar-refractivity contribution < 1.29 is 14.3 Å². The number of aromatic nitrogens is 2. The van der Waals surface area contributed by atoms with Crippen LogP contribution in [0.2, 0.25) is 0 Å². The molecule has 2 heterocycles. The molecule has 0 spiro atoms. The van der Waals surface area contributed by atoms with E-state index in [1.807, 2.05) is 42.5 Å². The molecular formula is C24H26N4O3. The highest BCUT2D eigenvalue weighted by Gasteiger charge is 2.28. The van der Waals surface area contributed by atoms with Gasteiger partial charge in [0.25, 0.3) is 0 Å². The molecule has 1 fully saturated rings. The Morgan fingerprint density at radius 1 is 1.23 bits per heavy atom. The first-order chi connectivity index (χ1) is 15.1. The summed E-state index contributed by atoms with van der Waals surface area (Å²) in [5.74, 6) is 0.411. The molecule has 7 heteroatoms. The van der Waals surface area contributed by atoms with E-state index in [0.717, 1.165) is 29.8 Å². The van der Waals surface area contributed by atoms with Crippen molar-refractivity contribution in [1.29, 1.82) is 0 Å². The zero-order valence-electron chi connectivity index (χ0n) is 17.7. The van der Waals surface area contributed by atoms with Crippen molar-refractivity contribution in [3.8, 4) is 22.7 Å². The molecule has 1 aromatic heterocycles. The number of hydrogen-bond acceptors (Lipinski definition) is 4. The SMILES string of the molecule is CCCc1cccc(-c2cc(NC(=O)[C@H]3CNC(=O)C3)nn2-c2ccccc2OC)c1. The molecule has 1 saturated heterocycles. The molecule has 0 unspecified atom stereocenters. The molecule has 1 atom stereocenters. The van der Waals surface area contributed by atoms with Gasteiger partial charge in [-0.1, -0.05) is 43.7 Å². The Labute approximate surface area is 181 Å². The average Bonchev–Trinajstić information content (AvgIpc) is 3.40. The summed E-state index contributed by atoms with van der Waals surface area (Å²) in [6.07, 6.45) is 2.25. The summed E-state index contributed by atoms with van der Waals surface area (Å²) < 4.78 is 7.33. The minimum Gasteiger partial charge on any atom is -0.494 e.